The standard InChI is InChI=1S/C18H20N2O3/c1-4-13-5-7-14(8-6-13)12-19-20-18(21)15-9-16(22-2)11-17(10-15)23-3/h5-12H,4H2,1-3H3,(H,20,21)/b19-12-. The third kappa shape index (κ3) is 4.57. The van der Waals surface area contributed by atoms with Crippen molar-refractivity contribution in [2.24, 2.45) is 5.10 Å². The Morgan fingerprint density at radius 1 is 1.09 bits per heavy atom. The Bertz CT molecular complexity index is 672. The maximum Gasteiger partial charge on any atom is 0.271 e. The number of carbonyl (C=O) groups excluding carboxylic acids is 1. The minimum atomic E-state index is -0.330. The van der Waals surface area contributed by atoms with E-state index in [-0.39, 0.29) is 5.91 Å². The van der Waals surface area contributed by atoms with Crippen molar-refractivity contribution in [3.63, 3.8) is 0 Å². The van der Waals surface area contributed by atoms with Gasteiger partial charge in [-0.3, -0.25) is 4.79 Å². The second-order valence-electron chi connectivity index (χ2n) is 4.90. The summed E-state index contributed by atoms with van der Waals surface area (Å²) < 4.78 is 10.3. The summed E-state index contributed by atoms with van der Waals surface area (Å²) in [6, 6.07) is 13.0. The molecule has 0 saturated carbocycles. The molecule has 0 radical (unpaired) electrons. The molecule has 0 saturated heterocycles. The van der Waals surface area contributed by atoms with Crippen molar-refractivity contribution in [2.45, 2.75) is 13.3 Å². The van der Waals surface area contributed by atoms with E-state index in [0.29, 0.717) is 17.1 Å². The Hall–Kier alpha value is -2.82. The Labute approximate surface area is 135 Å². The van der Waals surface area contributed by atoms with Gasteiger partial charge < -0.3 is 9.47 Å². The Morgan fingerprint density at radius 3 is 2.22 bits per heavy atom. The number of ether oxygens (including phenoxy) is 2. The van der Waals surface area contributed by atoms with Gasteiger partial charge in [-0.05, 0) is 29.7 Å². The number of aryl methyl sites for hydroxylation is 1. The van der Waals surface area contributed by atoms with Crippen molar-refractivity contribution in [3.8, 4) is 11.5 Å². The minimum Gasteiger partial charge on any atom is -0.497 e. The van der Waals surface area contributed by atoms with Gasteiger partial charge in [0.1, 0.15) is 11.5 Å². The maximum absolute atomic E-state index is 12.1. The number of methoxy groups -OCH3 is 2. The molecular weight excluding hydrogens is 292 g/mol. The van der Waals surface area contributed by atoms with Crippen LogP contribution in [0.1, 0.15) is 28.4 Å². The zero-order valence-electron chi connectivity index (χ0n) is 13.5. The van der Waals surface area contributed by atoms with E-state index < -0.39 is 0 Å². The Balaban J connectivity index is 2.05. The molecule has 0 fully saturated rings. The number of hydrazone groups is 1. The highest BCUT2D eigenvalue weighted by atomic mass is 16.5. The summed E-state index contributed by atoms with van der Waals surface area (Å²) in [6.45, 7) is 2.10. The van der Waals surface area contributed by atoms with Crippen LogP contribution in [0.5, 0.6) is 11.5 Å². The van der Waals surface area contributed by atoms with E-state index in [9.17, 15) is 4.79 Å². The molecule has 2 rings (SSSR count). The summed E-state index contributed by atoms with van der Waals surface area (Å²) in [7, 11) is 3.07. The Kier molecular flexibility index (Phi) is 5.74. The molecular formula is C18H20N2O3. The molecule has 2 aromatic rings. The van der Waals surface area contributed by atoms with Crippen LogP contribution in [0.3, 0.4) is 0 Å². The number of carbonyl (C=O) groups is 1. The SMILES string of the molecule is CCc1ccc(/C=N\NC(=O)c2cc(OC)cc(OC)c2)cc1. The molecule has 1 N–H and O–H groups in total. The molecule has 0 spiro atoms. The summed E-state index contributed by atoms with van der Waals surface area (Å²) in [5.74, 6) is 0.769. The molecule has 0 unspecified atom stereocenters. The van der Waals surface area contributed by atoms with Crippen LogP contribution < -0.4 is 14.9 Å². The van der Waals surface area contributed by atoms with Gasteiger partial charge in [-0.15, -0.1) is 0 Å². The van der Waals surface area contributed by atoms with Gasteiger partial charge in [-0.2, -0.15) is 5.10 Å². The van der Waals surface area contributed by atoms with Crippen LogP contribution in [0.2, 0.25) is 0 Å². The topological polar surface area (TPSA) is 59.9 Å². The molecule has 23 heavy (non-hydrogen) atoms. The molecule has 0 aromatic heterocycles. The van der Waals surface area contributed by atoms with E-state index in [4.69, 9.17) is 9.47 Å². The summed E-state index contributed by atoms with van der Waals surface area (Å²) in [6.07, 6.45) is 2.60. The monoisotopic (exact) mass is 312 g/mol. The first kappa shape index (κ1) is 16.5. The van der Waals surface area contributed by atoms with Crippen LogP contribution in [0.4, 0.5) is 0 Å². The van der Waals surface area contributed by atoms with Gasteiger partial charge in [0.2, 0.25) is 0 Å². The van der Waals surface area contributed by atoms with Crippen LogP contribution in [0.25, 0.3) is 0 Å². The van der Waals surface area contributed by atoms with Gasteiger partial charge in [-0.25, -0.2) is 5.43 Å². The zero-order valence-corrected chi connectivity index (χ0v) is 13.5. The molecule has 2 aromatic carbocycles. The fourth-order valence-corrected chi connectivity index (χ4v) is 2.01. The molecule has 0 heterocycles. The van der Waals surface area contributed by atoms with Crippen LogP contribution in [0, 0.1) is 0 Å². The number of nitrogens with one attached hydrogen (secondary N) is 1. The van der Waals surface area contributed by atoms with Crippen molar-refractivity contribution in [1.29, 1.82) is 0 Å². The molecule has 0 aliphatic carbocycles. The fourth-order valence-electron chi connectivity index (χ4n) is 2.01. The van der Waals surface area contributed by atoms with E-state index in [2.05, 4.69) is 17.5 Å². The molecule has 0 bridgehead atoms. The largest absolute Gasteiger partial charge is 0.497 e. The van der Waals surface area contributed by atoms with Crippen LogP contribution in [-0.2, 0) is 6.42 Å². The van der Waals surface area contributed by atoms with Gasteiger partial charge in [0.25, 0.3) is 5.91 Å². The number of amides is 1. The van der Waals surface area contributed by atoms with Gasteiger partial charge in [0.05, 0.1) is 20.4 Å². The van der Waals surface area contributed by atoms with Gasteiger partial charge in [0, 0.05) is 11.6 Å². The van der Waals surface area contributed by atoms with Crippen molar-refractivity contribution in [2.75, 3.05) is 14.2 Å². The lowest BCUT2D eigenvalue weighted by atomic mass is 10.1. The molecule has 120 valence electrons. The third-order valence-corrected chi connectivity index (χ3v) is 3.38. The second kappa shape index (κ2) is 7.98. The summed E-state index contributed by atoms with van der Waals surface area (Å²) in [5, 5.41) is 3.98. The predicted molar refractivity (Wildman–Crippen MR) is 90.4 cm³/mol. The van der Waals surface area contributed by atoms with E-state index in [1.807, 2.05) is 24.3 Å². The van der Waals surface area contributed by atoms with Crippen molar-refractivity contribution >= 4 is 12.1 Å². The average molecular weight is 312 g/mol. The van der Waals surface area contributed by atoms with E-state index in [0.717, 1.165) is 12.0 Å². The van der Waals surface area contributed by atoms with Crippen molar-refractivity contribution < 1.29 is 14.3 Å². The number of benzene rings is 2. The number of hydrogen-bond donors (Lipinski definition) is 1. The van der Waals surface area contributed by atoms with Gasteiger partial charge >= 0.3 is 0 Å². The number of rotatable bonds is 6. The smallest absolute Gasteiger partial charge is 0.271 e. The highest BCUT2D eigenvalue weighted by Gasteiger charge is 2.08. The minimum absolute atomic E-state index is 0.330. The number of nitrogens with zero attached hydrogens (tertiary/aromatic N) is 1. The van der Waals surface area contributed by atoms with Crippen LogP contribution in [0.15, 0.2) is 47.6 Å². The van der Waals surface area contributed by atoms with Crippen molar-refractivity contribution in [3.05, 3.63) is 59.2 Å². The van der Waals surface area contributed by atoms with E-state index >= 15 is 0 Å². The number of hydrogen-bond acceptors (Lipinski definition) is 4. The van der Waals surface area contributed by atoms with Crippen LogP contribution >= 0.6 is 0 Å². The summed E-state index contributed by atoms with van der Waals surface area (Å²) in [5.41, 5.74) is 5.10. The van der Waals surface area contributed by atoms with Gasteiger partial charge in [0.15, 0.2) is 0 Å². The molecule has 1 amide bonds. The lowest BCUT2D eigenvalue weighted by Gasteiger charge is -2.07. The summed E-state index contributed by atoms with van der Waals surface area (Å²) >= 11 is 0. The lowest BCUT2D eigenvalue weighted by molar-refractivity contribution is 0.0954. The first-order valence-electron chi connectivity index (χ1n) is 7.31. The summed E-state index contributed by atoms with van der Waals surface area (Å²) in [4.78, 5) is 12.1. The highest BCUT2D eigenvalue weighted by molar-refractivity contribution is 5.95. The third-order valence-electron chi connectivity index (χ3n) is 3.38. The maximum atomic E-state index is 12.1. The zero-order chi connectivity index (χ0) is 16.7. The second-order valence-corrected chi connectivity index (χ2v) is 4.90. The quantitative estimate of drug-likeness (QED) is 0.659. The molecule has 5 nitrogen and oxygen atoms in total. The van der Waals surface area contributed by atoms with E-state index in [1.165, 1.54) is 19.8 Å². The van der Waals surface area contributed by atoms with Crippen molar-refractivity contribution in [1.82, 2.24) is 5.43 Å². The van der Waals surface area contributed by atoms with Crippen LogP contribution in [-0.4, -0.2) is 26.3 Å². The first-order chi connectivity index (χ1) is 11.2. The lowest BCUT2D eigenvalue weighted by Crippen LogP contribution is -2.17. The average Bonchev–Trinajstić information content (AvgIpc) is 2.61. The molecule has 5 heteroatoms. The highest BCUT2D eigenvalue weighted by Crippen LogP contribution is 2.22. The van der Waals surface area contributed by atoms with Gasteiger partial charge in [-0.1, -0.05) is 31.2 Å². The normalized spacial score (nSPS) is 10.6. The van der Waals surface area contributed by atoms with E-state index in [1.54, 1.807) is 24.4 Å². The predicted octanol–water partition coefficient (Wildman–Crippen LogP) is 3.03. The molecule has 0 aliphatic rings. The first-order valence-corrected chi connectivity index (χ1v) is 7.31. The fraction of sp³-hybridized carbons (Fsp3) is 0.222. The Morgan fingerprint density at radius 2 is 1.70 bits per heavy atom. The molecule has 0 atom stereocenters. The molecule has 0 aliphatic heterocycles.